The lowest BCUT2D eigenvalue weighted by atomic mass is 10.0. The molecule has 3 rings (SSSR count). The highest BCUT2D eigenvalue weighted by molar-refractivity contribution is 5.87. The lowest BCUT2D eigenvalue weighted by Crippen LogP contribution is -2.22. The van der Waals surface area contributed by atoms with Crippen LogP contribution in [0.1, 0.15) is 24.0 Å². The van der Waals surface area contributed by atoms with E-state index in [1.807, 2.05) is 37.3 Å². The molecule has 0 saturated heterocycles. The quantitative estimate of drug-likeness (QED) is 0.778. The second-order valence-corrected chi connectivity index (χ2v) is 5.78. The summed E-state index contributed by atoms with van der Waals surface area (Å²) < 4.78 is 0. The maximum atomic E-state index is 6.38. The Morgan fingerprint density at radius 1 is 1.09 bits per heavy atom. The molecule has 0 bridgehead atoms. The van der Waals surface area contributed by atoms with Gasteiger partial charge in [-0.1, -0.05) is 61.2 Å². The third-order valence-electron chi connectivity index (χ3n) is 4.20. The van der Waals surface area contributed by atoms with E-state index in [0.717, 1.165) is 41.0 Å². The largest absolute Gasteiger partial charge is 0.397 e. The number of nitrogens with zero attached hydrogens (tertiary/aromatic N) is 1. The molecule has 0 amide bonds. The molecule has 0 unspecified atom stereocenters. The molecule has 0 radical (unpaired) electrons. The second kappa shape index (κ2) is 6.57. The maximum absolute atomic E-state index is 6.38. The molecule has 0 atom stereocenters. The number of nitrogens with two attached hydrogens (primary N) is 1. The van der Waals surface area contributed by atoms with Gasteiger partial charge >= 0.3 is 0 Å². The lowest BCUT2D eigenvalue weighted by molar-refractivity contribution is 0.921. The average molecular weight is 302 g/mol. The fourth-order valence-corrected chi connectivity index (χ4v) is 2.87. The summed E-state index contributed by atoms with van der Waals surface area (Å²) in [5.41, 5.74) is 12.5. The molecule has 1 aliphatic rings. The summed E-state index contributed by atoms with van der Waals surface area (Å²) in [6.07, 6.45) is 8.47. The Bertz CT molecular complexity index is 770. The van der Waals surface area contributed by atoms with Gasteiger partial charge < -0.3 is 10.6 Å². The monoisotopic (exact) mass is 302 g/mol. The Morgan fingerprint density at radius 2 is 1.87 bits per heavy atom. The number of allylic oxidation sites excluding steroid dienone is 4. The molecule has 2 nitrogen and oxygen atoms in total. The molecule has 2 heteroatoms. The second-order valence-electron chi connectivity index (χ2n) is 5.78. The van der Waals surface area contributed by atoms with Crippen LogP contribution in [0.3, 0.4) is 0 Å². The topological polar surface area (TPSA) is 29.3 Å². The zero-order chi connectivity index (χ0) is 16.2. The standard InChI is InChI=1S/C21H22N2/c1-16-10-9-15-20(21(16)22)23(19-13-7-4-8-14-19)17(2)18-11-5-3-6-12-18/h3-7,9-13,15H,2,8,14,22H2,1H3. The van der Waals surface area contributed by atoms with Crippen LogP contribution in [0.4, 0.5) is 11.4 Å². The molecule has 0 aromatic heterocycles. The number of para-hydroxylation sites is 1. The summed E-state index contributed by atoms with van der Waals surface area (Å²) in [6.45, 7) is 6.39. The summed E-state index contributed by atoms with van der Waals surface area (Å²) in [5, 5.41) is 0. The fourth-order valence-electron chi connectivity index (χ4n) is 2.87. The first-order chi connectivity index (χ1) is 11.2. The summed E-state index contributed by atoms with van der Waals surface area (Å²) in [4.78, 5) is 2.20. The van der Waals surface area contributed by atoms with Crippen LogP contribution in [-0.4, -0.2) is 0 Å². The summed E-state index contributed by atoms with van der Waals surface area (Å²) in [5.74, 6) is 0. The molecule has 116 valence electrons. The molecule has 0 heterocycles. The van der Waals surface area contributed by atoms with Gasteiger partial charge in [-0.25, -0.2) is 0 Å². The molecule has 0 aliphatic heterocycles. The van der Waals surface area contributed by atoms with Crippen molar-refractivity contribution in [2.45, 2.75) is 19.8 Å². The predicted molar refractivity (Wildman–Crippen MR) is 100 cm³/mol. The van der Waals surface area contributed by atoms with E-state index in [4.69, 9.17) is 5.73 Å². The van der Waals surface area contributed by atoms with Crippen LogP contribution in [0.25, 0.3) is 5.70 Å². The highest BCUT2D eigenvalue weighted by atomic mass is 15.2. The van der Waals surface area contributed by atoms with Crippen molar-refractivity contribution in [3.63, 3.8) is 0 Å². The first-order valence-electron chi connectivity index (χ1n) is 7.93. The summed E-state index contributed by atoms with van der Waals surface area (Å²) >= 11 is 0. The first kappa shape index (κ1) is 15.2. The molecule has 23 heavy (non-hydrogen) atoms. The number of anilines is 2. The first-order valence-corrected chi connectivity index (χ1v) is 7.93. The van der Waals surface area contributed by atoms with Gasteiger partial charge in [0.15, 0.2) is 0 Å². The Morgan fingerprint density at radius 3 is 2.57 bits per heavy atom. The van der Waals surface area contributed by atoms with Crippen LogP contribution in [0, 0.1) is 6.92 Å². The van der Waals surface area contributed by atoms with E-state index in [1.54, 1.807) is 0 Å². The molecule has 0 fully saturated rings. The van der Waals surface area contributed by atoms with Crippen molar-refractivity contribution < 1.29 is 0 Å². The molecule has 0 saturated carbocycles. The number of nitrogen functional groups attached to an aromatic ring is 1. The number of benzene rings is 2. The van der Waals surface area contributed by atoms with Crippen molar-refractivity contribution >= 4 is 17.1 Å². The van der Waals surface area contributed by atoms with Crippen LogP contribution in [0.2, 0.25) is 0 Å². The van der Waals surface area contributed by atoms with E-state index < -0.39 is 0 Å². The van der Waals surface area contributed by atoms with Crippen LogP contribution >= 0.6 is 0 Å². The van der Waals surface area contributed by atoms with Gasteiger partial charge in [0.2, 0.25) is 0 Å². The van der Waals surface area contributed by atoms with Gasteiger partial charge in [-0.05, 0) is 43.0 Å². The van der Waals surface area contributed by atoms with Crippen molar-refractivity contribution in [1.82, 2.24) is 0 Å². The van der Waals surface area contributed by atoms with E-state index in [-0.39, 0.29) is 0 Å². The third kappa shape index (κ3) is 3.07. The highest BCUT2D eigenvalue weighted by Crippen LogP contribution is 2.37. The molecule has 2 N–H and O–H groups in total. The van der Waals surface area contributed by atoms with Gasteiger partial charge in [-0.3, -0.25) is 0 Å². The molecular formula is C21H22N2. The van der Waals surface area contributed by atoms with Crippen molar-refractivity contribution in [2.75, 3.05) is 10.6 Å². The SMILES string of the molecule is C=C(c1ccccc1)N(C1=CC=CCC1)c1cccc(C)c1N. The minimum atomic E-state index is 0.806. The normalized spacial score (nSPS) is 13.5. The molecule has 2 aromatic carbocycles. The number of aryl methyl sites for hydroxylation is 1. The third-order valence-corrected chi connectivity index (χ3v) is 4.20. The van der Waals surface area contributed by atoms with E-state index in [2.05, 4.69) is 47.9 Å². The Balaban J connectivity index is 2.11. The maximum Gasteiger partial charge on any atom is 0.0690 e. The zero-order valence-electron chi connectivity index (χ0n) is 13.5. The molecular weight excluding hydrogens is 280 g/mol. The van der Waals surface area contributed by atoms with Crippen molar-refractivity contribution in [1.29, 1.82) is 0 Å². The minimum Gasteiger partial charge on any atom is -0.397 e. The minimum absolute atomic E-state index is 0.806. The van der Waals surface area contributed by atoms with Gasteiger partial charge in [0.25, 0.3) is 0 Å². The van der Waals surface area contributed by atoms with Crippen molar-refractivity contribution in [2.24, 2.45) is 0 Å². The van der Waals surface area contributed by atoms with Crippen LogP contribution in [0.15, 0.2) is 79.0 Å². The Labute approximate surface area is 138 Å². The average Bonchev–Trinajstić information content (AvgIpc) is 2.60. The van der Waals surface area contributed by atoms with E-state index in [0.29, 0.717) is 0 Å². The van der Waals surface area contributed by atoms with Crippen LogP contribution in [0.5, 0.6) is 0 Å². The molecule has 2 aromatic rings. The zero-order valence-corrected chi connectivity index (χ0v) is 13.5. The summed E-state index contributed by atoms with van der Waals surface area (Å²) in [6, 6.07) is 16.4. The Hall–Kier alpha value is -2.74. The predicted octanol–water partition coefficient (Wildman–Crippen LogP) is 5.29. The van der Waals surface area contributed by atoms with E-state index in [9.17, 15) is 0 Å². The molecule has 1 aliphatic carbocycles. The van der Waals surface area contributed by atoms with Gasteiger partial charge in [-0.2, -0.15) is 0 Å². The van der Waals surface area contributed by atoms with Crippen molar-refractivity contribution in [3.05, 3.63) is 90.2 Å². The Kier molecular flexibility index (Phi) is 4.33. The number of rotatable bonds is 4. The van der Waals surface area contributed by atoms with Gasteiger partial charge in [0.05, 0.1) is 11.4 Å². The number of hydrogen-bond acceptors (Lipinski definition) is 2. The number of hydrogen-bond donors (Lipinski definition) is 1. The lowest BCUT2D eigenvalue weighted by Gasteiger charge is -2.32. The van der Waals surface area contributed by atoms with Gasteiger partial charge in [0, 0.05) is 11.4 Å². The van der Waals surface area contributed by atoms with Gasteiger partial charge in [0.1, 0.15) is 0 Å². The smallest absolute Gasteiger partial charge is 0.0690 e. The van der Waals surface area contributed by atoms with Crippen molar-refractivity contribution in [3.8, 4) is 0 Å². The van der Waals surface area contributed by atoms with Crippen LogP contribution < -0.4 is 10.6 Å². The van der Waals surface area contributed by atoms with E-state index in [1.165, 1.54) is 5.70 Å². The fraction of sp³-hybridized carbons (Fsp3) is 0.143. The van der Waals surface area contributed by atoms with Crippen LogP contribution in [-0.2, 0) is 0 Å². The van der Waals surface area contributed by atoms with Gasteiger partial charge in [-0.15, -0.1) is 0 Å². The molecule has 0 spiro atoms. The summed E-state index contributed by atoms with van der Waals surface area (Å²) in [7, 11) is 0. The van der Waals surface area contributed by atoms with E-state index >= 15 is 0 Å². The highest BCUT2D eigenvalue weighted by Gasteiger charge is 2.19.